The van der Waals surface area contributed by atoms with Crippen LogP contribution in [0.4, 0.5) is 13.2 Å². The van der Waals surface area contributed by atoms with Gasteiger partial charge in [-0.05, 0) is 25.9 Å². The zero-order valence-corrected chi connectivity index (χ0v) is 7.94. The lowest BCUT2D eigenvalue weighted by atomic mass is 10.4. The Bertz CT molecular complexity index is 157. The maximum atomic E-state index is 11.6. The summed E-state index contributed by atoms with van der Waals surface area (Å²) in [7, 11) is 0. The highest BCUT2D eigenvalue weighted by Gasteiger charge is 2.27. The molecule has 1 aliphatic rings. The summed E-state index contributed by atoms with van der Waals surface area (Å²) in [6.45, 7) is 2.04. The topological polar surface area (TPSA) is 24.5 Å². The third kappa shape index (κ3) is 5.41. The van der Waals surface area contributed by atoms with E-state index < -0.39 is 12.8 Å². The van der Waals surface area contributed by atoms with Gasteiger partial charge >= 0.3 is 6.18 Å². The Balaban J connectivity index is 1.89. The minimum absolute atomic E-state index is 0.441. The maximum absolute atomic E-state index is 11.6. The number of likely N-dealkylation sites (tertiary alicyclic amines) is 1. The fourth-order valence-corrected chi connectivity index (χ4v) is 1.42. The van der Waals surface area contributed by atoms with E-state index >= 15 is 0 Å². The highest BCUT2D eigenvalue weighted by Crippen LogP contribution is 2.13. The van der Waals surface area contributed by atoms with Crippen molar-refractivity contribution in [1.82, 2.24) is 10.4 Å². The third-order valence-corrected chi connectivity index (χ3v) is 2.07. The monoisotopic (exact) mass is 212 g/mol. The molecule has 84 valence electrons. The molecule has 0 aromatic carbocycles. The molecular weight excluding hydrogens is 197 g/mol. The van der Waals surface area contributed by atoms with Crippen molar-refractivity contribution in [3.05, 3.63) is 0 Å². The molecule has 1 aliphatic heterocycles. The summed E-state index contributed by atoms with van der Waals surface area (Å²) in [6.07, 6.45) is -1.88. The second-order valence-electron chi connectivity index (χ2n) is 3.35. The van der Waals surface area contributed by atoms with Crippen LogP contribution < -0.4 is 5.48 Å². The van der Waals surface area contributed by atoms with Crippen LogP contribution in [0.5, 0.6) is 0 Å². The molecule has 1 saturated heterocycles. The van der Waals surface area contributed by atoms with Gasteiger partial charge in [-0.2, -0.15) is 13.2 Å². The van der Waals surface area contributed by atoms with Gasteiger partial charge < -0.3 is 4.90 Å². The van der Waals surface area contributed by atoms with Gasteiger partial charge in [0.1, 0.15) is 0 Å². The first-order chi connectivity index (χ1) is 6.58. The Morgan fingerprint density at radius 2 is 1.86 bits per heavy atom. The summed E-state index contributed by atoms with van der Waals surface area (Å²) < 4.78 is 34.8. The number of rotatable bonds is 5. The van der Waals surface area contributed by atoms with Crippen LogP contribution in [0, 0.1) is 0 Å². The predicted octanol–water partition coefficient (Wildman–Crippen LogP) is 1.17. The molecule has 0 unspecified atom stereocenters. The molecule has 0 bridgehead atoms. The molecule has 0 aromatic heterocycles. The highest BCUT2D eigenvalue weighted by molar-refractivity contribution is 4.65. The fraction of sp³-hybridized carbons (Fsp3) is 1.00. The lowest BCUT2D eigenvalue weighted by Gasteiger charge is -2.14. The molecular formula is C8H15F3N2O. The number of alkyl halides is 3. The van der Waals surface area contributed by atoms with Gasteiger partial charge in [0, 0.05) is 13.1 Å². The first kappa shape index (κ1) is 11.7. The maximum Gasteiger partial charge on any atom is 0.413 e. The molecule has 0 aromatic rings. The highest BCUT2D eigenvalue weighted by atomic mass is 19.4. The van der Waals surface area contributed by atoms with Crippen LogP contribution >= 0.6 is 0 Å². The number of hydrogen-bond acceptors (Lipinski definition) is 3. The van der Waals surface area contributed by atoms with Crippen LogP contribution in [-0.2, 0) is 4.84 Å². The average molecular weight is 212 g/mol. The van der Waals surface area contributed by atoms with Gasteiger partial charge in [0.15, 0.2) is 6.61 Å². The zero-order valence-electron chi connectivity index (χ0n) is 7.94. The molecule has 1 heterocycles. The van der Waals surface area contributed by atoms with E-state index in [1.165, 1.54) is 12.8 Å². The van der Waals surface area contributed by atoms with Crippen molar-refractivity contribution in [3.63, 3.8) is 0 Å². The molecule has 0 saturated carbocycles. The van der Waals surface area contributed by atoms with Crippen molar-refractivity contribution in [1.29, 1.82) is 0 Å². The molecule has 6 heteroatoms. The molecule has 1 fully saturated rings. The molecule has 0 aliphatic carbocycles. The molecule has 1 N–H and O–H groups in total. The first-order valence-corrected chi connectivity index (χ1v) is 4.72. The number of hydroxylamine groups is 1. The summed E-state index contributed by atoms with van der Waals surface area (Å²) >= 11 is 0. The SMILES string of the molecule is FC(F)(F)CONCCN1CCCC1. The van der Waals surface area contributed by atoms with E-state index in [9.17, 15) is 13.2 Å². The standard InChI is InChI=1S/C8H15F3N2O/c9-8(10,11)7-14-12-3-6-13-4-1-2-5-13/h12H,1-7H2. The minimum Gasteiger partial charge on any atom is -0.302 e. The molecule has 0 radical (unpaired) electrons. The van der Waals surface area contributed by atoms with E-state index in [1.807, 2.05) is 0 Å². The van der Waals surface area contributed by atoms with E-state index in [-0.39, 0.29) is 0 Å². The Hall–Kier alpha value is -0.330. The van der Waals surface area contributed by atoms with E-state index in [2.05, 4.69) is 15.2 Å². The molecule has 0 amide bonds. The van der Waals surface area contributed by atoms with Crippen molar-refractivity contribution in [2.45, 2.75) is 19.0 Å². The van der Waals surface area contributed by atoms with Gasteiger partial charge in [-0.25, -0.2) is 5.48 Å². The molecule has 0 spiro atoms. The Morgan fingerprint density at radius 3 is 2.43 bits per heavy atom. The average Bonchev–Trinajstić information content (AvgIpc) is 2.54. The quantitative estimate of drug-likeness (QED) is 0.547. The molecule has 0 atom stereocenters. The number of nitrogens with zero attached hydrogens (tertiary/aromatic N) is 1. The van der Waals surface area contributed by atoms with Crippen LogP contribution in [0.1, 0.15) is 12.8 Å². The lowest BCUT2D eigenvalue weighted by Crippen LogP contribution is -2.32. The third-order valence-electron chi connectivity index (χ3n) is 2.07. The van der Waals surface area contributed by atoms with Crippen LogP contribution in [0.25, 0.3) is 0 Å². The lowest BCUT2D eigenvalue weighted by molar-refractivity contribution is -0.189. The van der Waals surface area contributed by atoms with Gasteiger partial charge in [0.2, 0.25) is 0 Å². The van der Waals surface area contributed by atoms with Crippen molar-refractivity contribution in [2.24, 2.45) is 0 Å². The normalized spacial score (nSPS) is 19.1. The summed E-state index contributed by atoms with van der Waals surface area (Å²) in [6, 6.07) is 0. The summed E-state index contributed by atoms with van der Waals surface area (Å²) in [4.78, 5) is 6.45. The van der Waals surface area contributed by atoms with Crippen LogP contribution in [0.2, 0.25) is 0 Å². The number of halogens is 3. The summed E-state index contributed by atoms with van der Waals surface area (Å²) in [5.41, 5.74) is 2.31. The van der Waals surface area contributed by atoms with E-state index in [1.54, 1.807) is 0 Å². The largest absolute Gasteiger partial charge is 0.413 e. The fourth-order valence-electron chi connectivity index (χ4n) is 1.42. The summed E-state index contributed by atoms with van der Waals surface area (Å²) in [5, 5.41) is 0. The Morgan fingerprint density at radius 1 is 1.21 bits per heavy atom. The predicted molar refractivity (Wildman–Crippen MR) is 45.7 cm³/mol. The van der Waals surface area contributed by atoms with Crippen LogP contribution in [0.15, 0.2) is 0 Å². The van der Waals surface area contributed by atoms with Gasteiger partial charge in [-0.3, -0.25) is 4.84 Å². The van der Waals surface area contributed by atoms with Crippen molar-refractivity contribution >= 4 is 0 Å². The second kappa shape index (κ2) is 5.53. The van der Waals surface area contributed by atoms with Crippen LogP contribution in [-0.4, -0.2) is 43.9 Å². The van der Waals surface area contributed by atoms with Crippen LogP contribution in [0.3, 0.4) is 0 Å². The van der Waals surface area contributed by atoms with E-state index in [0.717, 1.165) is 19.6 Å². The van der Waals surface area contributed by atoms with Gasteiger partial charge in [-0.15, -0.1) is 0 Å². The smallest absolute Gasteiger partial charge is 0.302 e. The first-order valence-electron chi connectivity index (χ1n) is 4.72. The summed E-state index contributed by atoms with van der Waals surface area (Å²) in [5.74, 6) is 0. The Labute approximate surface area is 81.2 Å². The minimum atomic E-state index is -4.25. The van der Waals surface area contributed by atoms with Gasteiger partial charge in [0.25, 0.3) is 0 Å². The zero-order chi connectivity index (χ0) is 10.4. The number of nitrogens with one attached hydrogen (secondary N) is 1. The van der Waals surface area contributed by atoms with E-state index in [0.29, 0.717) is 6.54 Å². The Kier molecular flexibility index (Phi) is 4.64. The molecule has 1 rings (SSSR count). The molecule has 3 nitrogen and oxygen atoms in total. The number of hydrogen-bond donors (Lipinski definition) is 1. The van der Waals surface area contributed by atoms with Crippen molar-refractivity contribution < 1.29 is 18.0 Å². The van der Waals surface area contributed by atoms with E-state index in [4.69, 9.17) is 0 Å². The second-order valence-corrected chi connectivity index (χ2v) is 3.35. The molecule has 14 heavy (non-hydrogen) atoms. The van der Waals surface area contributed by atoms with Crippen molar-refractivity contribution in [2.75, 3.05) is 32.8 Å². The van der Waals surface area contributed by atoms with Crippen molar-refractivity contribution in [3.8, 4) is 0 Å². The van der Waals surface area contributed by atoms with Gasteiger partial charge in [-0.1, -0.05) is 0 Å². The van der Waals surface area contributed by atoms with Gasteiger partial charge in [0.05, 0.1) is 0 Å².